The molecule has 0 amide bonds. The van der Waals surface area contributed by atoms with Crippen molar-refractivity contribution in [1.82, 2.24) is 0 Å². The maximum Gasteiger partial charge on any atom is 0.306 e. The van der Waals surface area contributed by atoms with Crippen molar-refractivity contribution in [3.63, 3.8) is 0 Å². The first-order chi connectivity index (χ1) is 32.5. The van der Waals surface area contributed by atoms with Gasteiger partial charge in [-0.15, -0.1) is 0 Å². The van der Waals surface area contributed by atoms with Gasteiger partial charge in [0.2, 0.25) is 0 Å². The van der Waals surface area contributed by atoms with Crippen molar-refractivity contribution in [2.45, 2.75) is 264 Å². The summed E-state index contributed by atoms with van der Waals surface area (Å²) in [7, 11) is 0. The van der Waals surface area contributed by atoms with Crippen molar-refractivity contribution in [1.29, 1.82) is 0 Å². The highest BCUT2D eigenvalue weighted by atomic mass is 16.6. The number of ether oxygens (including phenoxy) is 3. The van der Waals surface area contributed by atoms with Crippen molar-refractivity contribution in [2.24, 2.45) is 0 Å². The van der Waals surface area contributed by atoms with E-state index in [4.69, 9.17) is 14.2 Å². The number of unbranched alkanes of at least 4 members (excludes halogenated alkanes) is 24. The fourth-order valence-corrected chi connectivity index (χ4v) is 7.47. The van der Waals surface area contributed by atoms with Crippen LogP contribution >= 0.6 is 0 Å². The van der Waals surface area contributed by atoms with Crippen molar-refractivity contribution >= 4 is 17.9 Å². The molecular weight excluding hydrogens is 817 g/mol. The summed E-state index contributed by atoms with van der Waals surface area (Å²) in [6.45, 7) is 6.45. The Balaban J connectivity index is 4.48. The third-order valence-electron chi connectivity index (χ3n) is 11.6. The first-order valence-corrected chi connectivity index (χ1v) is 27.6. The Bertz CT molecular complexity index is 1290. The molecule has 0 radical (unpaired) electrons. The third-order valence-corrected chi connectivity index (χ3v) is 11.6. The van der Waals surface area contributed by atoms with Gasteiger partial charge in [-0.3, -0.25) is 14.4 Å². The van der Waals surface area contributed by atoms with E-state index in [1.54, 1.807) is 0 Å². The summed E-state index contributed by atoms with van der Waals surface area (Å²) in [5, 5.41) is 0. The monoisotopic (exact) mass is 919 g/mol. The lowest BCUT2D eigenvalue weighted by Gasteiger charge is -2.18. The molecule has 0 N–H and O–H groups in total. The van der Waals surface area contributed by atoms with Crippen molar-refractivity contribution in [3.05, 3.63) is 85.1 Å². The average Bonchev–Trinajstić information content (AvgIpc) is 3.31. The van der Waals surface area contributed by atoms with Crippen LogP contribution < -0.4 is 0 Å². The number of hydrogen-bond acceptors (Lipinski definition) is 6. The molecule has 6 heteroatoms. The minimum Gasteiger partial charge on any atom is -0.462 e. The molecule has 1 atom stereocenters. The Labute approximate surface area is 407 Å². The second-order valence-electron chi connectivity index (χ2n) is 18.1. The highest BCUT2D eigenvalue weighted by molar-refractivity contribution is 5.71. The first-order valence-electron chi connectivity index (χ1n) is 27.6. The van der Waals surface area contributed by atoms with Crippen molar-refractivity contribution in [2.75, 3.05) is 13.2 Å². The molecule has 0 heterocycles. The standard InChI is InChI=1S/C60H102O6/c1-4-7-10-13-16-19-22-25-28-30-32-35-38-41-44-47-50-53-59(62)65-56-57(55-64-58(61)52-49-46-43-40-37-34-27-24-21-18-15-12-9-6-3)66-60(63)54-51-48-45-42-39-36-33-31-29-26-23-20-17-14-11-8-5-2/h9,12,17-18,20-21,25-26,28-29,32,35,41,44,57H,4-8,10-11,13-16,19,22-24,27,30-31,33-34,36-40,42-43,45-56H2,1-3H3/b12-9-,20-17-,21-18-,28-25-,29-26-,35-32-,44-41-. The topological polar surface area (TPSA) is 78.9 Å². The maximum absolute atomic E-state index is 12.8. The van der Waals surface area contributed by atoms with Crippen LogP contribution in [-0.4, -0.2) is 37.2 Å². The Morgan fingerprint density at radius 1 is 0.318 bits per heavy atom. The zero-order valence-electron chi connectivity index (χ0n) is 43.2. The predicted molar refractivity (Wildman–Crippen MR) is 284 cm³/mol. The number of allylic oxidation sites excluding steroid dienone is 14. The van der Waals surface area contributed by atoms with Gasteiger partial charge in [-0.2, -0.15) is 0 Å². The summed E-state index contributed by atoms with van der Waals surface area (Å²) in [6, 6.07) is 0. The Hall–Kier alpha value is -3.41. The number of carbonyl (C=O) groups is 3. The van der Waals surface area contributed by atoms with E-state index in [9.17, 15) is 14.4 Å². The number of rotatable bonds is 49. The largest absolute Gasteiger partial charge is 0.462 e. The summed E-state index contributed by atoms with van der Waals surface area (Å²) >= 11 is 0. The minimum absolute atomic E-state index is 0.0999. The molecule has 0 aliphatic rings. The Kier molecular flexibility index (Phi) is 51.4. The fourth-order valence-electron chi connectivity index (χ4n) is 7.47. The van der Waals surface area contributed by atoms with E-state index in [0.29, 0.717) is 19.3 Å². The van der Waals surface area contributed by atoms with Crippen molar-refractivity contribution < 1.29 is 28.6 Å². The van der Waals surface area contributed by atoms with Crippen LogP contribution in [0.4, 0.5) is 0 Å². The predicted octanol–water partition coefficient (Wildman–Crippen LogP) is 18.4. The van der Waals surface area contributed by atoms with E-state index >= 15 is 0 Å². The summed E-state index contributed by atoms with van der Waals surface area (Å²) in [4.78, 5) is 38.1. The summed E-state index contributed by atoms with van der Waals surface area (Å²) in [5.74, 6) is -0.967. The SMILES string of the molecule is CC/C=C\C/C=C\CCCCCCCCCC(=O)OCC(COC(=O)CCC/C=C\C/C=C\C/C=C\CCCCCCCC)OC(=O)CCCCCCCCC/C=C\C/C=C\CCCCC. The fraction of sp³-hybridized carbons (Fsp3) is 0.717. The van der Waals surface area contributed by atoms with E-state index in [-0.39, 0.29) is 37.5 Å². The van der Waals surface area contributed by atoms with Gasteiger partial charge < -0.3 is 14.2 Å². The summed E-state index contributed by atoms with van der Waals surface area (Å²) in [6.07, 6.45) is 70.0. The Morgan fingerprint density at radius 3 is 1.02 bits per heavy atom. The van der Waals surface area contributed by atoms with Gasteiger partial charge in [0.25, 0.3) is 0 Å². The third kappa shape index (κ3) is 51.6. The van der Waals surface area contributed by atoms with Gasteiger partial charge >= 0.3 is 17.9 Å². The van der Waals surface area contributed by atoms with Crippen LogP contribution in [0.15, 0.2) is 85.1 Å². The molecule has 0 saturated carbocycles. The van der Waals surface area contributed by atoms with E-state index in [1.165, 1.54) is 122 Å². The van der Waals surface area contributed by atoms with E-state index in [2.05, 4.69) is 106 Å². The van der Waals surface area contributed by atoms with Crippen LogP contribution in [0.25, 0.3) is 0 Å². The maximum atomic E-state index is 12.8. The van der Waals surface area contributed by atoms with E-state index in [1.807, 2.05) is 0 Å². The molecule has 0 saturated heterocycles. The molecular formula is C60H102O6. The molecule has 0 aromatic carbocycles. The molecule has 378 valence electrons. The normalized spacial score (nSPS) is 12.7. The smallest absolute Gasteiger partial charge is 0.306 e. The van der Waals surface area contributed by atoms with Crippen LogP contribution in [0.2, 0.25) is 0 Å². The highest BCUT2D eigenvalue weighted by Gasteiger charge is 2.19. The zero-order valence-corrected chi connectivity index (χ0v) is 43.2. The molecule has 66 heavy (non-hydrogen) atoms. The highest BCUT2D eigenvalue weighted by Crippen LogP contribution is 2.14. The van der Waals surface area contributed by atoms with Gasteiger partial charge in [0.1, 0.15) is 13.2 Å². The van der Waals surface area contributed by atoms with Crippen molar-refractivity contribution in [3.8, 4) is 0 Å². The van der Waals surface area contributed by atoms with Crippen LogP contribution in [0.1, 0.15) is 258 Å². The minimum atomic E-state index is -0.805. The lowest BCUT2D eigenvalue weighted by molar-refractivity contribution is -0.167. The molecule has 6 nitrogen and oxygen atoms in total. The van der Waals surface area contributed by atoms with Gasteiger partial charge in [0.15, 0.2) is 6.10 Å². The van der Waals surface area contributed by atoms with Crippen LogP contribution in [0, 0.1) is 0 Å². The van der Waals surface area contributed by atoms with Gasteiger partial charge in [0.05, 0.1) is 0 Å². The zero-order chi connectivity index (χ0) is 47.9. The van der Waals surface area contributed by atoms with Gasteiger partial charge in [-0.05, 0) is 109 Å². The molecule has 0 fully saturated rings. The molecule has 0 bridgehead atoms. The molecule has 0 aromatic rings. The quantitative estimate of drug-likeness (QED) is 0.0262. The van der Waals surface area contributed by atoms with Gasteiger partial charge in [0, 0.05) is 19.3 Å². The Morgan fingerprint density at radius 2 is 0.606 bits per heavy atom. The average molecular weight is 919 g/mol. The number of hydrogen-bond donors (Lipinski definition) is 0. The molecule has 0 aliphatic carbocycles. The van der Waals surface area contributed by atoms with Crippen LogP contribution in [-0.2, 0) is 28.6 Å². The molecule has 0 spiro atoms. The molecule has 1 unspecified atom stereocenters. The van der Waals surface area contributed by atoms with E-state index in [0.717, 1.165) is 89.9 Å². The van der Waals surface area contributed by atoms with Gasteiger partial charge in [-0.1, -0.05) is 215 Å². The number of carbonyl (C=O) groups excluding carboxylic acids is 3. The molecule has 0 rings (SSSR count). The van der Waals surface area contributed by atoms with Crippen LogP contribution in [0.5, 0.6) is 0 Å². The second kappa shape index (κ2) is 54.2. The second-order valence-corrected chi connectivity index (χ2v) is 18.1. The molecule has 0 aliphatic heterocycles. The number of esters is 3. The first kappa shape index (κ1) is 62.6. The summed E-state index contributed by atoms with van der Waals surface area (Å²) in [5.41, 5.74) is 0. The van der Waals surface area contributed by atoms with Gasteiger partial charge in [-0.25, -0.2) is 0 Å². The lowest BCUT2D eigenvalue weighted by Crippen LogP contribution is -2.30. The van der Waals surface area contributed by atoms with Crippen LogP contribution in [0.3, 0.4) is 0 Å². The molecule has 0 aromatic heterocycles. The van der Waals surface area contributed by atoms with E-state index < -0.39 is 6.10 Å². The summed E-state index contributed by atoms with van der Waals surface area (Å²) < 4.78 is 16.8. The lowest BCUT2D eigenvalue weighted by atomic mass is 10.1.